The van der Waals surface area contributed by atoms with Gasteiger partial charge in [-0.3, -0.25) is 14.4 Å². The van der Waals surface area contributed by atoms with E-state index >= 15 is 0 Å². The van der Waals surface area contributed by atoms with E-state index in [1.54, 1.807) is 0 Å². The Labute approximate surface area is 89.7 Å². The lowest BCUT2D eigenvalue weighted by atomic mass is 9.83. The third-order valence-corrected chi connectivity index (χ3v) is 2.87. The summed E-state index contributed by atoms with van der Waals surface area (Å²) >= 11 is 1.03. The molecule has 6 heteroatoms. The molecule has 0 spiro atoms. The number of carbonyl (C=O) groups is 3. The van der Waals surface area contributed by atoms with Crippen LogP contribution in [0.5, 0.6) is 0 Å². The highest BCUT2D eigenvalue weighted by Crippen LogP contribution is 2.20. The Kier molecular flexibility index (Phi) is 2.68. The molecule has 0 bridgehead atoms. The van der Waals surface area contributed by atoms with Crippen molar-refractivity contribution in [3.8, 4) is 0 Å². The molecule has 15 heavy (non-hydrogen) atoms. The Hall–Kier alpha value is -1.43. The van der Waals surface area contributed by atoms with Gasteiger partial charge in [0.2, 0.25) is 5.78 Å². The molecule has 1 aliphatic rings. The minimum Gasteiger partial charge on any atom is -0.298 e. The fourth-order valence-electron chi connectivity index (χ4n) is 1.62. The number of hydrogen-bond donors (Lipinski definition) is 0. The van der Waals surface area contributed by atoms with Crippen LogP contribution in [-0.4, -0.2) is 26.9 Å². The number of hydrogen-bond acceptors (Lipinski definition) is 6. The topological polar surface area (TPSA) is 77.0 Å². The van der Waals surface area contributed by atoms with Crippen LogP contribution in [-0.2, 0) is 9.59 Å². The van der Waals surface area contributed by atoms with Gasteiger partial charge in [-0.2, -0.15) is 0 Å². The molecule has 1 heterocycles. The molecular formula is C9H8N2O3S. The molecule has 1 aliphatic carbocycles. The van der Waals surface area contributed by atoms with Gasteiger partial charge in [0.25, 0.3) is 0 Å². The summed E-state index contributed by atoms with van der Waals surface area (Å²) in [5.41, 5.74) is 0.119. The Balaban J connectivity index is 2.25. The molecule has 2 rings (SSSR count). The minimum absolute atomic E-state index is 0.119. The lowest BCUT2D eigenvalue weighted by molar-refractivity contribution is -0.133. The standard InChI is InChI=1S/C9H8N2O3S/c12-6-2-1-3-7(13)8(6)9(14)5-4-15-11-10-5/h4,8H,1-3H2. The fraction of sp³-hybridized carbons (Fsp3) is 0.444. The van der Waals surface area contributed by atoms with Gasteiger partial charge >= 0.3 is 0 Å². The Morgan fingerprint density at radius 1 is 1.33 bits per heavy atom. The van der Waals surface area contributed by atoms with Gasteiger partial charge in [-0.15, -0.1) is 5.10 Å². The summed E-state index contributed by atoms with van der Waals surface area (Å²) in [4.78, 5) is 34.7. The smallest absolute Gasteiger partial charge is 0.201 e. The summed E-state index contributed by atoms with van der Waals surface area (Å²) in [6.07, 6.45) is 1.16. The average Bonchev–Trinajstić information content (AvgIpc) is 2.69. The maximum Gasteiger partial charge on any atom is 0.201 e. The molecule has 1 saturated carbocycles. The van der Waals surface area contributed by atoms with Crippen molar-refractivity contribution >= 4 is 28.9 Å². The molecule has 0 aromatic carbocycles. The first-order valence-corrected chi connectivity index (χ1v) is 5.40. The predicted octanol–water partition coefficient (Wildman–Crippen LogP) is 0.659. The van der Waals surface area contributed by atoms with Gasteiger partial charge in [-0.25, -0.2) is 0 Å². The third kappa shape index (κ3) is 1.85. The van der Waals surface area contributed by atoms with Crippen LogP contribution in [0, 0.1) is 5.92 Å². The molecule has 1 aromatic rings. The highest BCUT2D eigenvalue weighted by Gasteiger charge is 2.37. The number of rotatable bonds is 2. The predicted molar refractivity (Wildman–Crippen MR) is 51.6 cm³/mol. The van der Waals surface area contributed by atoms with E-state index in [9.17, 15) is 14.4 Å². The van der Waals surface area contributed by atoms with Crippen molar-refractivity contribution in [3.63, 3.8) is 0 Å². The number of Topliss-reactive ketones (excluding diaryl/α,β-unsaturated/α-hetero) is 3. The van der Waals surface area contributed by atoms with Gasteiger partial charge in [0.1, 0.15) is 11.6 Å². The van der Waals surface area contributed by atoms with E-state index in [0.29, 0.717) is 19.3 Å². The van der Waals surface area contributed by atoms with E-state index in [1.165, 1.54) is 5.38 Å². The fourth-order valence-corrected chi connectivity index (χ4v) is 2.06. The minimum atomic E-state index is -1.12. The summed E-state index contributed by atoms with van der Waals surface area (Å²) in [7, 11) is 0. The molecule has 0 N–H and O–H groups in total. The monoisotopic (exact) mass is 224 g/mol. The van der Waals surface area contributed by atoms with Crippen LogP contribution in [0.1, 0.15) is 29.8 Å². The summed E-state index contributed by atoms with van der Waals surface area (Å²) in [5, 5.41) is 5.03. The van der Waals surface area contributed by atoms with E-state index in [2.05, 4.69) is 9.59 Å². The average molecular weight is 224 g/mol. The second kappa shape index (κ2) is 3.98. The lowest BCUT2D eigenvalue weighted by Crippen LogP contribution is -2.35. The summed E-state index contributed by atoms with van der Waals surface area (Å²) < 4.78 is 3.54. The molecule has 5 nitrogen and oxygen atoms in total. The number of carbonyl (C=O) groups excluding carboxylic acids is 3. The van der Waals surface area contributed by atoms with E-state index in [4.69, 9.17) is 0 Å². The highest BCUT2D eigenvalue weighted by atomic mass is 32.1. The molecular weight excluding hydrogens is 216 g/mol. The maximum atomic E-state index is 11.7. The molecule has 1 fully saturated rings. The molecule has 0 amide bonds. The first-order chi connectivity index (χ1) is 7.20. The lowest BCUT2D eigenvalue weighted by Gasteiger charge is -2.16. The third-order valence-electron chi connectivity index (χ3n) is 2.36. The van der Waals surface area contributed by atoms with Gasteiger partial charge in [0.15, 0.2) is 11.6 Å². The number of ketones is 3. The van der Waals surface area contributed by atoms with Crippen molar-refractivity contribution in [1.82, 2.24) is 9.59 Å². The second-order valence-electron chi connectivity index (χ2n) is 3.37. The van der Waals surface area contributed by atoms with Crippen molar-refractivity contribution in [3.05, 3.63) is 11.1 Å². The van der Waals surface area contributed by atoms with E-state index < -0.39 is 11.7 Å². The SMILES string of the molecule is O=C1CCCC(=O)C1C(=O)c1csnn1. The van der Waals surface area contributed by atoms with Crippen molar-refractivity contribution in [2.45, 2.75) is 19.3 Å². The van der Waals surface area contributed by atoms with Gasteiger partial charge in [0, 0.05) is 18.2 Å². The quantitative estimate of drug-likeness (QED) is 0.544. The molecule has 0 unspecified atom stereocenters. The van der Waals surface area contributed by atoms with Crippen molar-refractivity contribution in [2.75, 3.05) is 0 Å². The van der Waals surface area contributed by atoms with Gasteiger partial charge in [-0.05, 0) is 18.0 Å². The summed E-state index contributed by atoms with van der Waals surface area (Å²) in [5.74, 6) is -2.20. The van der Waals surface area contributed by atoms with Gasteiger partial charge in [-0.1, -0.05) is 4.49 Å². The number of aromatic nitrogens is 2. The molecule has 0 radical (unpaired) electrons. The summed E-state index contributed by atoms with van der Waals surface area (Å²) in [6, 6.07) is 0. The zero-order chi connectivity index (χ0) is 10.8. The van der Waals surface area contributed by atoms with E-state index in [0.717, 1.165) is 11.5 Å². The van der Waals surface area contributed by atoms with Crippen LogP contribution in [0.25, 0.3) is 0 Å². The van der Waals surface area contributed by atoms with Crippen LogP contribution in [0.4, 0.5) is 0 Å². The zero-order valence-corrected chi connectivity index (χ0v) is 8.62. The van der Waals surface area contributed by atoms with Crippen molar-refractivity contribution in [1.29, 1.82) is 0 Å². The zero-order valence-electron chi connectivity index (χ0n) is 7.80. The van der Waals surface area contributed by atoms with Crippen molar-refractivity contribution < 1.29 is 14.4 Å². The highest BCUT2D eigenvalue weighted by molar-refractivity contribution is 7.03. The molecule has 78 valence electrons. The Morgan fingerprint density at radius 2 is 2.00 bits per heavy atom. The van der Waals surface area contributed by atoms with Crippen LogP contribution >= 0.6 is 11.5 Å². The van der Waals surface area contributed by atoms with Crippen LogP contribution < -0.4 is 0 Å². The first kappa shape index (κ1) is 10.1. The largest absolute Gasteiger partial charge is 0.298 e. The molecule has 0 atom stereocenters. The van der Waals surface area contributed by atoms with Crippen LogP contribution in [0.2, 0.25) is 0 Å². The summed E-state index contributed by atoms with van der Waals surface area (Å²) in [6.45, 7) is 0. The van der Waals surface area contributed by atoms with E-state index in [-0.39, 0.29) is 17.3 Å². The molecule has 1 aromatic heterocycles. The van der Waals surface area contributed by atoms with Crippen molar-refractivity contribution in [2.24, 2.45) is 5.92 Å². The maximum absolute atomic E-state index is 11.7. The number of nitrogens with zero attached hydrogens (tertiary/aromatic N) is 2. The normalized spacial score (nSPS) is 18.1. The van der Waals surface area contributed by atoms with Gasteiger partial charge < -0.3 is 0 Å². The Morgan fingerprint density at radius 3 is 2.53 bits per heavy atom. The first-order valence-electron chi connectivity index (χ1n) is 4.57. The molecule has 0 saturated heterocycles. The molecule has 0 aliphatic heterocycles. The Bertz CT molecular complexity index is 397. The van der Waals surface area contributed by atoms with E-state index in [1.807, 2.05) is 0 Å². The van der Waals surface area contributed by atoms with Crippen LogP contribution in [0.3, 0.4) is 0 Å². The van der Waals surface area contributed by atoms with Gasteiger partial charge in [0.05, 0.1) is 0 Å². The van der Waals surface area contributed by atoms with Crippen LogP contribution in [0.15, 0.2) is 5.38 Å². The second-order valence-corrected chi connectivity index (χ2v) is 3.98.